The van der Waals surface area contributed by atoms with E-state index in [0.29, 0.717) is 6.54 Å². The number of hydrogen-bond acceptors (Lipinski definition) is 4. The van der Waals surface area contributed by atoms with Crippen LogP contribution in [0.5, 0.6) is 0 Å². The van der Waals surface area contributed by atoms with Crippen LogP contribution in [0.25, 0.3) is 0 Å². The van der Waals surface area contributed by atoms with Crippen molar-refractivity contribution in [2.24, 2.45) is 0 Å². The van der Waals surface area contributed by atoms with Crippen molar-refractivity contribution in [1.82, 2.24) is 15.6 Å². The van der Waals surface area contributed by atoms with Crippen LogP contribution in [0.15, 0.2) is 11.6 Å². The molecule has 1 aromatic rings. The van der Waals surface area contributed by atoms with Gasteiger partial charge in [0.2, 0.25) is 5.91 Å². The van der Waals surface area contributed by atoms with Crippen LogP contribution in [0.1, 0.15) is 31.2 Å². The zero-order valence-corrected chi connectivity index (χ0v) is 12.7. The van der Waals surface area contributed by atoms with Crippen molar-refractivity contribution in [3.05, 3.63) is 16.6 Å². The molecule has 0 bridgehead atoms. The van der Waals surface area contributed by atoms with Gasteiger partial charge in [0.05, 0.1) is 12.1 Å². The number of nitrogens with one attached hydrogen (secondary N) is 2. The van der Waals surface area contributed by atoms with Crippen molar-refractivity contribution >= 4 is 42.1 Å². The molecule has 1 aliphatic heterocycles. The van der Waals surface area contributed by atoms with Gasteiger partial charge in [0.1, 0.15) is 5.01 Å². The number of rotatable bonds is 3. The van der Waals surface area contributed by atoms with Gasteiger partial charge in [-0.15, -0.1) is 36.2 Å². The molecule has 2 N–H and O–H groups in total. The summed E-state index contributed by atoms with van der Waals surface area (Å²) in [4.78, 5) is 16.2. The van der Waals surface area contributed by atoms with Gasteiger partial charge in [0.25, 0.3) is 0 Å². The third-order valence-electron chi connectivity index (χ3n) is 3.00. The average Bonchev–Trinajstić information content (AvgIpc) is 2.79. The highest BCUT2D eigenvalue weighted by molar-refractivity contribution is 7.09. The third kappa shape index (κ3) is 4.39. The molecule has 7 heteroatoms. The number of carbonyl (C=O) groups excluding carboxylic acids is 1. The quantitative estimate of drug-likeness (QED) is 0.899. The Kier molecular flexibility index (Phi) is 7.78. The normalized spacial score (nSPS) is 22.5. The van der Waals surface area contributed by atoms with Gasteiger partial charge < -0.3 is 10.6 Å². The maximum absolute atomic E-state index is 12.0. The fourth-order valence-electron chi connectivity index (χ4n) is 1.94. The summed E-state index contributed by atoms with van der Waals surface area (Å²) < 4.78 is 0. The number of piperidine rings is 1. The second-order valence-electron chi connectivity index (χ2n) is 4.32. The van der Waals surface area contributed by atoms with Crippen molar-refractivity contribution in [3.63, 3.8) is 0 Å². The Balaban J connectivity index is 0.00000144. The van der Waals surface area contributed by atoms with Crippen LogP contribution in [0.3, 0.4) is 0 Å². The molecule has 1 amide bonds. The highest BCUT2D eigenvalue weighted by Gasteiger charge is 2.33. The van der Waals surface area contributed by atoms with Crippen LogP contribution >= 0.6 is 36.2 Å². The van der Waals surface area contributed by atoms with Gasteiger partial charge in [0, 0.05) is 11.6 Å². The Bertz CT molecular complexity index is 353. The molecule has 0 radical (unpaired) electrons. The number of amides is 1. The van der Waals surface area contributed by atoms with Crippen LogP contribution in [0.2, 0.25) is 0 Å². The van der Waals surface area contributed by atoms with E-state index in [2.05, 4.69) is 15.6 Å². The van der Waals surface area contributed by atoms with Crippen molar-refractivity contribution in [2.75, 3.05) is 6.54 Å². The molecule has 0 spiro atoms. The van der Waals surface area contributed by atoms with Crippen LogP contribution in [-0.4, -0.2) is 23.0 Å². The monoisotopic (exact) mass is 311 g/mol. The molecule has 1 atom stereocenters. The maximum Gasteiger partial charge on any atom is 0.240 e. The molecule has 0 saturated carbocycles. The predicted molar refractivity (Wildman–Crippen MR) is 78.7 cm³/mol. The van der Waals surface area contributed by atoms with E-state index in [4.69, 9.17) is 0 Å². The Morgan fingerprint density at radius 2 is 2.33 bits per heavy atom. The van der Waals surface area contributed by atoms with Crippen molar-refractivity contribution in [3.8, 4) is 0 Å². The Labute approximate surface area is 124 Å². The number of nitrogens with zero attached hydrogens (tertiary/aromatic N) is 1. The highest BCUT2D eigenvalue weighted by atomic mass is 35.5. The van der Waals surface area contributed by atoms with Crippen molar-refractivity contribution < 1.29 is 4.79 Å². The second kappa shape index (κ2) is 7.94. The molecule has 1 saturated heterocycles. The first-order valence-corrected chi connectivity index (χ1v) is 6.50. The molecule has 0 aliphatic carbocycles. The zero-order chi connectivity index (χ0) is 11.4. The van der Waals surface area contributed by atoms with Gasteiger partial charge in [-0.25, -0.2) is 4.98 Å². The van der Waals surface area contributed by atoms with Crippen LogP contribution in [0.4, 0.5) is 0 Å². The second-order valence-corrected chi connectivity index (χ2v) is 5.30. The van der Waals surface area contributed by atoms with E-state index in [-0.39, 0.29) is 30.7 Å². The summed E-state index contributed by atoms with van der Waals surface area (Å²) in [5.74, 6) is 0.0856. The molecule has 1 fully saturated rings. The number of aromatic nitrogens is 1. The topological polar surface area (TPSA) is 54.0 Å². The van der Waals surface area contributed by atoms with Gasteiger partial charge in [-0.1, -0.05) is 0 Å². The summed E-state index contributed by atoms with van der Waals surface area (Å²) in [6.07, 6.45) is 4.95. The van der Waals surface area contributed by atoms with E-state index in [1.165, 1.54) is 0 Å². The van der Waals surface area contributed by atoms with Gasteiger partial charge in [0.15, 0.2) is 0 Å². The first-order valence-electron chi connectivity index (χ1n) is 5.62. The SMILES string of the molecule is CC1(C(=O)NCc2nccs2)CCCCN1.Cl.Cl. The summed E-state index contributed by atoms with van der Waals surface area (Å²) in [7, 11) is 0. The standard InChI is InChI=1S/C11H17N3OS.2ClH/c1-11(4-2-3-5-14-11)10(15)13-8-9-12-6-7-16-9;;/h6-7,14H,2-5,8H2,1H3,(H,13,15);2*1H. The molecule has 18 heavy (non-hydrogen) atoms. The lowest BCUT2D eigenvalue weighted by Gasteiger charge is -2.33. The van der Waals surface area contributed by atoms with Crippen molar-refractivity contribution in [2.45, 2.75) is 38.3 Å². The van der Waals surface area contributed by atoms with Gasteiger partial charge in [-0.2, -0.15) is 0 Å². The highest BCUT2D eigenvalue weighted by Crippen LogP contribution is 2.18. The lowest BCUT2D eigenvalue weighted by atomic mass is 9.90. The van der Waals surface area contributed by atoms with Crippen LogP contribution in [0, 0.1) is 0 Å². The smallest absolute Gasteiger partial charge is 0.240 e. The number of carbonyl (C=O) groups is 1. The minimum atomic E-state index is -0.393. The summed E-state index contributed by atoms with van der Waals surface area (Å²) >= 11 is 1.56. The van der Waals surface area contributed by atoms with E-state index in [0.717, 1.165) is 30.8 Å². The van der Waals surface area contributed by atoms with E-state index in [9.17, 15) is 4.79 Å². The number of halogens is 2. The van der Waals surface area contributed by atoms with E-state index >= 15 is 0 Å². The molecular formula is C11H19Cl2N3OS. The number of hydrogen-bond donors (Lipinski definition) is 2. The van der Waals surface area contributed by atoms with Gasteiger partial charge in [-0.3, -0.25) is 4.79 Å². The Hall–Kier alpha value is -0.360. The minimum Gasteiger partial charge on any atom is -0.348 e. The molecule has 2 heterocycles. The molecule has 0 aromatic carbocycles. The van der Waals surface area contributed by atoms with Crippen molar-refractivity contribution in [1.29, 1.82) is 0 Å². The third-order valence-corrected chi connectivity index (χ3v) is 3.78. The fourth-order valence-corrected chi connectivity index (χ4v) is 2.50. The minimum absolute atomic E-state index is 0. The van der Waals surface area contributed by atoms with E-state index in [1.54, 1.807) is 17.5 Å². The molecule has 1 aliphatic rings. The maximum atomic E-state index is 12.0. The Morgan fingerprint density at radius 1 is 1.56 bits per heavy atom. The Morgan fingerprint density at radius 3 is 2.89 bits per heavy atom. The lowest BCUT2D eigenvalue weighted by molar-refractivity contribution is -0.128. The van der Waals surface area contributed by atoms with Crippen LogP contribution in [-0.2, 0) is 11.3 Å². The summed E-state index contributed by atoms with van der Waals surface area (Å²) in [6, 6.07) is 0. The summed E-state index contributed by atoms with van der Waals surface area (Å²) in [6.45, 7) is 3.44. The molecular weight excluding hydrogens is 293 g/mol. The molecule has 1 unspecified atom stereocenters. The predicted octanol–water partition coefficient (Wildman–Crippen LogP) is 2.14. The van der Waals surface area contributed by atoms with E-state index in [1.807, 2.05) is 12.3 Å². The van der Waals surface area contributed by atoms with Crippen LogP contribution < -0.4 is 10.6 Å². The molecule has 1 aromatic heterocycles. The zero-order valence-electron chi connectivity index (χ0n) is 10.3. The van der Waals surface area contributed by atoms with Gasteiger partial charge >= 0.3 is 0 Å². The summed E-state index contributed by atoms with van der Waals surface area (Å²) in [5, 5.41) is 9.11. The lowest BCUT2D eigenvalue weighted by Crippen LogP contribution is -2.56. The number of thiazole rings is 1. The fraction of sp³-hybridized carbons (Fsp3) is 0.636. The summed E-state index contributed by atoms with van der Waals surface area (Å²) in [5.41, 5.74) is -0.393. The molecule has 104 valence electrons. The molecule has 2 rings (SSSR count). The van der Waals surface area contributed by atoms with E-state index < -0.39 is 5.54 Å². The van der Waals surface area contributed by atoms with Gasteiger partial charge in [-0.05, 0) is 32.7 Å². The average molecular weight is 312 g/mol. The first kappa shape index (κ1) is 17.6. The first-order chi connectivity index (χ1) is 7.71. The molecule has 4 nitrogen and oxygen atoms in total. The largest absolute Gasteiger partial charge is 0.348 e.